The van der Waals surface area contributed by atoms with E-state index in [0.717, 1.165) is 11.6 Å². The summed E-state index contributed by atoms with van der Waals surface area (Å²) in [4.78, 5) is 9.83. The van der Waals surface area contributed by atoms with Crippen LogP contribution in [-0.4, -0.2) is 13.3 Å². The molecule has 110 valence electrons. The highest BCUT2D eigenvalue weighted by molar-refractivity contribution is 7.87. The number of nitrogens with zero attached hydrogens (tertiary/aromatic N) is 1. The molecule has 0 amide bonds. The summed E-state index contributed by atoms with van der Waals surface area (Å²) in [7, 11) is -4.16. The first kappa shape index (κ1) is 15.3. The van der Waals surface area contributed by atoms with Crippen LogP contribution in [0.4, 0.5) is 5.69 Å². The van der Waals surface area contributed by atoms with E-state index in [1.165, 1.54) is 30.3 Å². The molecule has 6 nitrogen and oxygen atoms in total. The number of benzene rings is 2. The van der Waals surface area contributed by atoms with Crippen LogP contribution in [0.3, 0.4) is 0 Å². The molecule has 0 saturated carbocycles. The third kappa shape index (κ3) is 3.50. The first-order valence-corrected chi connectivity index (χ1v) is 7.53. The number of non-ortho nitro benzene ring substituents is 1. The largest absolute Gasteiger partial charge is 0.379 e. The van der Waals surface area contributed by atoms with Crippen LogP contribution in [0.25, 0.3) is 0 Å². The van der Waals surface area contributed by atoms with Gasteiger partial charge in [-0.1, -0.05) is 23.7 Å². The van der Waals surface area contributed by atoms with Gasteiger partial charge >= 0.3 is 10.1 Å². The van der Waals surface area contributed by atoms with Crippen molar-refractivity contribution >= 4 is 27.4 Å². The summed E-state index contributed by atoms with van der Waals surface area (Å²) in [5.74, 6) is -0.152. The molecule has 0 spiro atoms. The Bertz CT molecular complexity index is 804. The van der Waals surface area contributed by atoms with Crippen LogP contribution in [0, 0.1) is 17.0 Å². The number of aryl methyl sites for hydroxylation is 1. The average Bonchev–Trinajstić information content (AvgIpc) is 2.37. The number of hydrogen-bond acceptors (Lipinski definition) is 5. The van der Waals surface area contributed by atoms with Crippen molar-refractivity contribution in [1.82, 2.24) is 0 Å². The molecule has 2 aromatic rings. The summed E-state index contributed by atoms with van der Waals surface area (Å²) < 4.78 is 29.2. The molecule has 0 atom stereocenters. The smallest absolute Gasteiger partial charge is 0.340 e. The van der Waals surface area contributed by atoms with E-state index >= 15 is 0 Å². The van der Waals surface area contributed by atoms with Crippen molar-refractivity contribution in [2.75, 3.05) is 0 Å². The standard InChI is InChI=1S/C13H10ClNO5S/c1-9-5-6-13(12(14)7-9)21(18,19)20-11-4-2-3-10(8-11)15(16)17/h2-8H,1H3. The van der Waals surface area contributed by atoms with Gasteiger partial charge in [-0.3, -0.25) is 10.1 Å². The van der Waals surface area contributed by atoms with Crippen molar-refractivity contribution in [3.05, 3.63) is 63.2 Å². The molecule has 0 unspecified atom stereocenters. The van der Waals surface area contributed by atoms with Gasteiger partial charge in [0.25, 0.3) is 5.69 Å². The van der Waals surface area contributed by atoms with Gasteiger partial charge in [-0.2, -0.15) is 8.42 Å². The molecule has 2 aromatic carbocycles. The van der Waals surface area contributed by atoms with Crippen LogP contribution >= 0.6 is 11.6 Å². The van der Waals surface area contributed by atoms with Gasteiger partial charge in [0.2, 0.25) is 0 Å². The highest BCUT2D eigenvalue weighted by Crippen LogP contribution is 2.27. The fourth-order valence-corrected chi connectivity index (χ4v) is 3.13. The van der Waals surface area contributed by atoms with Crippen LogP contribution in [0.5, 0.6) is 5.75 Å². The van der Waals surface area contributed by atoms with Gasteiger partial charge in [0, 0.05) is 6.07 Å². The van der Waals surface area contributed by atoms with E-state index < -0.39 is 15.0 Å². The summed E-state index contributed by atoms with van der Waals surface area (Å²) in [6.45, 7) is 1.77. The molecule has 0 saturated heterocycles. The minimum absolute atomic E-state index is 0.0282. The zero-order chi connectivity index (χ0) is 15.6. The van der Waals surface area contributed by atoms with Crippen molar-refractivity contribution in [3.8, 4) is 5.75 Å². The molecule has 0 N–H and O–H groups in total. The van der Waals surface area contributed by atoms with Crippen molar-refractivity contribution in [3.63, 3.8) is 0 Å². The number of hydrogen-bond donors (Lipinski definition) is 0. The lowest BCUT2D eigenvalue weighted by Crippen LogP contribution is -2.10. The zero-order valence-corrected chi connectivity index (χ0v) is 12.4. The van der Waals surface area contributed by atoms with Crippen LogP contribution < -0.4 is 4.18 Å². The molecule has 8 heteroatoms. The fraction of sp³-hybridized carbons (Fsp3) is 0.0769. The number of nitro benzene ring substituents is 1. The van der Waals surface area contributed by atoms with E-state index in [1.807, 2.05) is 0 Å². The Morgan fingerprint density at radius 2 is 1.90 bits per heavy atom. The van der Waals surface area contributed by atoms with Crippen molar-refractivity contribution in [2.45, 2.75) is 11.8 Å². The second-order valence-electron chi connectivity index (χ2n) is 4.23. The van der Waals surface area contributed by atoms with Crippen molar-refractivity contribution in [2.24, 2.45) is 0 Å². The maximum Gasteiger partial charge on any atom is 0.340 e. The number of halogens is 1. The van der Waals surface area contributed by atoms with Crippen LogP contribution in [0.15, 0.2) is 47.4 Å². The Morgan fingerprint density at radius 1 is 1.19 bits per heavy atom. The molecule has 21 heavy (non-hydrogen) atoms. The molecule has 0 bridgehead atoms. The Morgan fingerprint density at radius 3 is 2.52 bits per heavy atom. The minimum atomic E-state index is -4.16. The molecule has 0 aliphatic carbocycles. The normalized spacial score (nSPS) is 11.1. The average molecular weight is 328 g/mol. The van der Waals surface area contributed by atoms with E-state index in [-0.39, 0.29) is 21.4 Å². The molecular weight excluding hydrogens is 318 g/mol. The Labute approximate surface area is 126 Å². The highest BCUT2D eigenvalue weighted by Gasteiger charge is 2.21. The van der Waals surface area contributed by atoms with Crippen LogP contribution in [0.2, 0.25) is 5.02 Å². The number of rotatable bonds is 4. The molecule has 0 aromatic heterocycles. The Balaban J connectivity index is 2.37. The third-order valence-corrected chi connectivity index (χ3v) is 4.32. The Hall–Kier alpha value is -2.12. The molecule has 2 rings (SSSR count). The monoisotopic (exact) mass is 327 g/mol. The lowest BCUT2D eigenvalue weighted by Gasteiger charge is -2.08. The minimum Gasteiger partial charge on any atom is -0.379 e. The highest BCUT2D eigenvalue weighted by atomic mass is 35.5. The predicted molar refractivity (Wildman–Crippen MR) is 77.1 cm³/mol. The van der Waals surface area contributed by atoms with E-state index in [1.54, 1.807) is 13.0 Å². The van der Waals surface area contributed by atoms with E-state index in [4.69, 9.17) is 15.8 Å². The maximum atomic E-state index is 12.1. The van der Waals surface area contributed by atoms with Crippen LogP contribution in [0.1, 0.15) is 5.56 Å². The van der Waals surface area contributed by atoms with Gasteiger partial charge in [-0.15, -0.1) is 0 Å². The zero-order valence-electron chi connectivity index (χ0n) is 10.8. The van der Waals surface area contributed by atoms with Gasteiger partial charge in [0.05, 0.1) is 16.0 Å². The van der Waals surface area contributed by atoms with Crippen molar-refractivity contribution in [1.29, 1.82) is 0 Å². The van der Waals surface area contributed by atoms with E-state index in [0.29, 0.717) is 0 Å². The van der Waals surface area contributed by atoms with Gasteiger partial charge in [-0.25, -0.2) is 0 Å². The predicted octanol–water partition coefficient (Wildman–Crippen LogP) is 3.32. The summed E-state index contributed by atoms with van der Waals surface area (Å²) in [5, 5.41) is 10.7. The molecule has 0 radical (unpaired) electrons. The maximum absolute atomic E-state index is 12.1. The van der Waals surface area contributed by atoms with Gasteiger partial charge in [0.1, 0.15) is 10.6 Å². The lowest BCUT2D eigenvalue weighted by atomic mass is 10.2. The van der Waals surface area contributed by atoms with E-state index in [2.05, 4.69) is 0 Å². The van der Waals surface area contributed by atoms with Gasteiger partial charge < -0.3 is 4.18 Å². The van der Waals surface area contributed by atoms with Gasteiger partial charge in [0.15, 0.2) is 0 Å². The number of nitro groups is 1. The molecule has 0 heterocycles. The molecule has 0 fully saturated rings. The summed E-state index contributed by atoms with van der Waals surface area (Å²) in [6, 6.07) is 9.30. The molecule has 0 aliphatic rings. The quantitative estimate of drug-likeness (QED) is 0.488. The van der Waals surface area contributed by atoms with Crippen molar-refractivity contribution < 1.29 is 17.5 Å². The first-order chi connectivity index (χ1) is 9.79. The van der Waals surface area contributed by atoms with E-state index in [9.17, 15) is 18.5 Å². The Kier molecular flexibility index (Phi) is 4.15. The fourth-order valence-electron chi connectivity index (χ4n) is 1.63. The first-order valence-electron chi connectivity index (χ1n) is 5.75. The van der Waals surface area contributed by atoms with Crippen LogP contribution in [-0.2, 0) is 10.1 Å². The summed E-state index contributed by atoms with van der Waals surface area (Å²) in [5.41, 5.74) is 0.534. The SMILES string of the molecule is Cc1ccc(S(=O)(=O)Oc2cccc([N+](=O)[O-])c2)c(Cl)c1. The summed E-state index contributed by atoms with van der Waals surface area (Å²) >= 11 is 5.89. The lowest BCUT2D eigenvalue weighted by molar-refractivity contribution is -0.384. The summed E-state index contributed by atoms with van der Waals surface area (Å²) in [6.07, 6.45) is 0. The second kappa shape index (κ2) is 5.71. The topological polar surface area (TPSA) is 86.5 Å². The third-order valence-electron chi connectivity index (χ3n) is 2.59. The second-order valence-corrected chi connectivity index (χ2v) is 6.15. The molecular formula is C13H10ClNO5S. The molecule has 0 aliphatic heterocycles. The van der Waals surface area contributed by atoms with Gasteiger partial charge in [-0.05, 0) is 30.7 Å².